The number of fused-ring (bicyclic) bond motifs is 1. The maximum Gasteiger partial charge on any atom is 0.416 e. The van der Waals surface area contributed by atoms with E-state index in [1.165, 1.54) is 18.3 Å². The lowest BCUT2D eigenvalue weighted by molar-refractivity contribution is -0.137. The summed E-state index contributed by atoms with van der Waals surface area (Å²) >= 11 is 0. The Balaban J connectivity index is 1.64. The number of hydrogen-bond acceptors (Lipinski definition) is 2. The Morgan fingerprint density at radius 1 is 1.03 bits per heavy atom. The van der Waals surface area contributed by atoms with Crippen LogP contribution < -0.4 is 5.32 Å². The number of carbonyl (C=O) groups excluding carboxylic acids is 1. The van der Waals surface area contributed by atoms with Gasteiger partial charge in [0.05, 0.1) is 11.1 Å². The fourth-order valence-electron chi connectivity index (χ4n) is 3.23. The molecule has 7 heteroatoms. The number of pyridine rings is 1. The Hall–Kier alpha value is -3.61. The monoisotopic (exact) mass is 395 g/mol. The number of aryl methyl sites for hydroxylation is 1. The standard InChI is InChI=1S/C22H16F3N3O/c1-28-19-9-8-18(27-21(29)15-3-2-10-26-13-15)11-16(19)12-20(28)14-4-6-17(7-5-14)22(23,24)25/h2-13H,1H3,(H,27,29). The number of nitrogens with zero attached hydrogens (tertiary/aromatic N) is 2. The van der Waals surface area contributed by atoms with Gasteiger partial charge in [-0.25, -0.2) is 0 Å². The van der Waals surface area contributed by atoms with Gasteiger partial charge in [0.1, 0.15) is 0 Å². The second-order valence-electron chi connectivity index (χ2n) is 6.63. The number of rotatable bonds is 3. The smallest absolute Gasteiger partial charge is 0.344 e. The van der Waals surface area contributed by atoms with Gasteiger partial charge in [-0.3, -0.25) is 9.78 Å². The summed E-state index contributed by atoms with van der Waals surface area (Å²) < 4.78 is 40.3. The molecule has 0 bridgehead atoms. The fraction of sp³-hybridized carbons (Fsp3) is 0.0909. The van der Waals surface area contributed by atoms with E-state index in [2.05, 4.69) is 10.3 Å². The van der Waals surface area contributed by atoms with Gasteiger partial charge in [-0.2, -0.15) is 13.2 Å². The molecule has 0 aliphatic carbocycles. The van der Waals surface area contributed by atoms with E-state index in [0.29, 0.717) is 16.8 Å². The van der Waals surface area contributed by atoms with E-state index in [1.54, 1.807) is 24.4 Å². The van der Waals surface area contributed by atoms with Gasteiger partial charge in [-0.1, -0.05) is 12.1 Å². The molecule has 0 saturated carbocycles. The number of benzene rings is 2. The minimum atomic E-state index is -4.36. The van der Waals surface area contributed by atoms with Gasteiger partial charge in [0.25, 0.3) is 5.91 Å². The van der Waals surface area contributed by atoms with E-state index in [0.717, 1.165) is 28.7 Å². The molecule has 4 aromatic rings. The van der Waals surface area contributed by atoms with Gasteiger partial charge in [0, 0.05) is 41.7 Å². The highest BCUT2D eigenvalue weighted by atomic mass is 19.4. The van der Waals surface area contributed by atoms with Crippen molar-refractivity contribution in [1.29, 1.82) is 0 Å². The van der Waals surface area contributed by atoms with Crippen molar-refractivity contribution in [2.75, 3.05) is 5.32 Å². The maximum absolute atomic E-state index is 12.8. The Morgan fingerprint density at radius 3 is 2.45 bits per heavy atom. The van der Waals surface area contributed by atoms with E-state index in [1.807, 2.05) is 29.8 Å². The molecule has 4 rings (SSSR count). The maximum atomic E-state index is 12.8. The summed E-state index contributed by atoms with van der Waals surface area (Å²) in [7, 11) is 1.85. The third-order valence-electron chi connectivity index (χ3n) is 4.73. The molecule has 146 valence electrons. The van der Waals surface area contributed by atoms with Crippen molar-refractivity contribution < 1.29 is 18.0 Å². The number of nitrogens with one attached hydrogen (secondary N) is 1. The van der Waals surface area contributed by atoms with Crippen LogP contribution >= 0.6 is 0 Å². The number of hydrogen-bond donors (Lipinski definition) is 1. The summed E-state index contributed by atoms with van der Waals surface area (Å²) in [6, 6.07) is 15.8. The van der Waals surface area contributed by atoms with Crippen molar-refractivity contribution in [3.8, 4) is 11.3 Å². The topological polar surface area (TPSA) is 46.9 Å². The van der Waals surface area contributed by atoms with Gasteiger partial charge in [-0.05, 0) is 54.1 Å². The van der Waals surface area contributed by atoms with Crippen LogP contribution in [0.25, 0.3) is 22.2 Å². The zero-order valence-corrected chi connectivity index (χ0v) is 15.4. The van der Waals surface area contributed by atoms with Crippen LogP contribution in [0.5, 0.6) is 0 Å². The van der Waals surface area contributed by atoms with E-state index in [9.17, 15) is 18.0 Å². The lowest BCUT2D eigenvalue weighted by Crippen LogP contribution is -2.11. The van der Waals surface area contributed by atoms with Crippen molar-refractivity contribution in [2.24, 2.45) is 7.05 Å². The van der Waals surface area contributed by atoms with Crippen LogP contribution in [0.2, 0.25) is 0 Å². The largest absolute Gasteiger partial charge is 0.416 e. The first-order valence-electron chi connectivity index (χ1n) is 8.81. The summed E-state index contributed by atoms with van der Waals surface area (Å²) in [5.74, 6) is -0.267. The van der Waals surface area contributed by atoms with Crippen LogP contribution in [0.4, 0.5) is 18.9 Å². The van der Waals surface area contributed by atoms with Gasteiger partial charge in [-0.15, -0.1) is 0 Å². The third-order valence-corrected chi connectivity index (χ3v) is 4.73. The quantitative estimate of drug-likeness (QED) is 0.497. The number of anilines is 1. The van der Waals surface area contributed by atoms with E-state index in [-0.39, 0.29) is 5.91 Å². The van der Waals surface area contributed by atoms with Gasteiger partial charge in [0.15, 0.2) is 0 Å². The first-order valence-corrected chi connectivity index (χ1v) is 8.81. The molecule has 2 heterocycles. The molecule has 0 atom stereocenters. The van der Waals surface area contributed by atoms with Crippen LogP contribution in [0.3, 0.4) is 0 Å². The van der Waals surface area contributed by atoms with Crippen LogP contribution in [-0.4, -0.2) is 15.5 Å². The third kappa shape index (κ3) is 3.71. The number of aromatic nitrogens is 2. The zero-order chi connectivity index (χ0) is 20.6. The van der Waals surface area contributed by atoms with Crippen LogP contribution in [-0.2, 0) is 13.2 Å². The molecule has 29 heavy (non-hydrogen) atoms. The molecular formula is C22H16F3N3O. The average Bonchev–Trinajstić information content (AvgIpc) is 3.04. The highest BCUT2D eigenvalue weighted by Crippen LogP contribution is 2.33. The van der Waals surface area contributed by atoms with Crippen LogP contribution in [0.1, 0.15) is 15.9 Å². The fourth-order valence-corrected chi connectivity index (χ4v) is 3.23. The molecule has 0 radical (unpaired) electrons. The number of halogens is 3. The molecule has 2 aromatic carbocycles. The summed E-state index contributed by atoms with van der Waals surface area (Å²) in [5.41, 5.74) is 2.75. The highest BCUT2D eigenvalue weighted by Gasteiger charge is 2.30. The molecular weight excluding hydrogens is 379 g/mol. The first-order chi connectivity index (χ1) is 13.8. The lowest BCUT2D eigenvalue weighted by Gasteiger charge is -2.09. The SMILES string of the molecule is Cn1c(-c2ccc(C(F)(F)F)cc2)cc2cc(NC(=O)c3cccnc3)ccc21. The molecule has 0 spiro atoms. The Bertz CT molecular complexity index is 1180. The molecule has 0 fully saturated rings. The number of amides is 1. The van der Waals surface area contributed by atoms with Crippen molar-refractivity contribution in [3.63, 3.8) is 0 Å². The summed E-state index contributed by atoms with van der Waals surface area (Å²) in [5, 5.41) is 3.70. The predicted molar refractivity (Wildman–Crippen MR) is 106 cm³/mol. The zero-order valence-electron chi connectivity index (χ0n) is 15.4. The van der Waals surface area contributed by atoms with Gasteiger partial charge >= 0.3 is 6.18 Å². The minimum Gasteiger partial charge on any atom is -0.344 e. The van der Waals surface area contributed by atoms with Gasteiger partial charge < -0.3 is 9.88 Å². The second kappa shape index (κ2) is 7.09. The average molecular weight is 395 g/mol. The molecule has 0 aliphatic heterocycles. The lowest BCUT2D eigenvalue weighted by atomic mass is 10.1. The molecule has 0 aliphatic rings. The normalized spacial score (nSPS) is 11.6. The van der Waals surface area contributed by atoms with Gasteiger partial charge in [0.2, 0.25) is 0 Å². The summed E-state index contributed by atoms with van der Waals surface area (Å²) in [4.78, 5) is 16.2. The van der Waals surface area contributed by atoms with Crippen molar-refractivity contribution in [2.45, 2.75) is 6.18 Å². The first kappa shape index (κ1) is 18.7. The Labute approximate surface area is 164 Å². The van der Waals surface area contributed by atoms with E-state index in [4.69, 9.17) is 0 Å². The summed E-state index contributed by atoms with van der Waals surface area (Å²) in [6.45, 7) is 0. The second-order valence-corrected chi connectivity index (χ2v) is 6.63. The molecule has 1 amide bonds. The Kier molecular flexibility index (Phi) is 4.58. The Morgan fingerprint density at radius 2 is 1.79 bits per heavy atom. The predicted octanol–water partition coefficient (Wildman–Crippen LogP) is 5.51. The van der Waals surface area contributed by atoms with Crippen molar-refractivity contribution >= 4 is 22.5 Å². The highest BCUT2D eigenvalue weighted by molar-refractivity contribution is 6.05. The molecule has 2 aromatic heterocycles. The number of alkyl halides is 3. The van der Waals surface area contributed by atoms with Crippen LogP contribution in [0, 0.1) is 0 Å². The molecule has 1 N–H and O–H groups in total. The van der Waals surface area contributed by atoms with Crippen molar-refractivity contribution in [3.05, 3.63) is 84.2 Å². The molecule has 4 nitrogen and oxygen atoms in total. The molecule has 0 saturated heterocycles. The van der Waals surface area contributed by atoms with E-state index >= 15 is 0 Å². The number of carbonyl (C=O) groups is 1. The molecule has 0 unspecified atom stereocenters. The summed E-state index contributed by atoms with van der Waals surface area (Å²) in [6.07, 6.45) is -1.28. The van der Waals surface area contributed by atoms with Crippen LogP contribution in [0.15, 0.2) is 73.1 Å². The van der Waals surface area contributed by atoms with Crippen molar-refractivity contribution in [1.82, 2.24) is 9.55 Å². The minimum absolute atomic E-state index is 0.267. The van der Waals surface area contributed by atoms with E-state index < -0.39 is 11.7 Å².